The van der Waals surface area contributed by atoms with Crippen LogP contribution < -0.4 is 0 Å². The van der Waals surface area contributed by atoms with Crippen molar-refractivity contribution in [3.8, 4) is 0 Å². The van der Waals surface area contributed by atoms with E-state index in [0.29, 0.717) is 0 Å². The van der Waals surface area contributed by atoms with E-state index in [4.69, 9.17) is 11.1 Å². The third-order valence-corrected chi connectivity index (χ3v) is 24.7. The van der Waals surface area contributed by atoms with Gasteiger partial charge in [0.2, 0.25) is 0 Å². The molecule has 0 fully saturated rings. The van der Waals surface area contributed by atoms with E-state index in [9.17, 15) is 0 Å². The maximum atomic E-state index is 7.33. The fourth-order valence-corrected chi connectivity index (χ4v) is 18.0. The molecule has 0 saturated carbocycles. The second-order valence-corrected chi connectivity index (χ2v) is 26.3. The summed E-state index contributed by atoms with van der Waals surface area (Å²) in [6.07, 6.45) is 30.3. The van der Waals surface area contributed by atoms with Gasteiger partial charge in [0.25, 0.3) is 0 Å². The molecule has 0 N–H and O–H groups in total. The van der Waals surface area contributed by atoms with Crippen LogP contribution in [0, 0.1) is 0 Å². The van der Waals surface area contributed by atoms with Crippen LogP contribution in [-0.4, -0.2) is 25.5 Å². The first kappa shape index (κ1) is 29.9. The van der Waals surface area contributed by atoms with E-state index in [1.165, 1.54) is 134 Å². The molecule has 0 heterocycles. The van der Waals surface area contributed by atoms with Crippen LogP contribution in [0.1, 0.15) is 136 Å². The van der Waals surface area contributed by atoms with Gasteiger partial charge in [-0.25, -0.2) is 0 Å². The zero-order valence-corrected chi connectivity index (χ0v) is 23.8. The second-order valence-electron chi connectivity index (χ2n) is 10.0. The summed E-state index contributed by atoms with van der Waals surface area (Å²) < 4.78 is 0. The van der Waals surface area contributed by atoms with Crippen molar-refractivity contribution in [3.05, 3.63) is 0 Å². The van der Waals surface area contributed by atoms with E-state index in [2.05, 4.69) is 33.9 Å². The van der Waals surface area contributed by atoms with Gasteiger partial charge in [0.05, 0.1) is 0 Å². The Hall–Kier alpha value is 0.937. The molecule has 0 radical (unpaired) electrons. The molecule has 0 bridgehead atoms. The maximum Gasteiger partial charge on any atom is 0.319 e. The van der Waals surface area contributed by atoms with E-state index in [0.717, 1.165) is 0 Å². The topological polar surface area (TPSA) is 0 Å². The molecule has 0 aliphatic heterocycles. The van der Waals surface area contributed by atoms with Crippen molar-refractivity contribution in [1.82, 2.24) is 0 Å². The van der Waals surface area contributed by atoms with Crippen LogP contribution in [0.5, 0.6) is 0 Å². The molecule has 176 valence electrons. The van der Waals surface area contributed by atoms with Crippen molar-refractivity contribution in [2.75, 3.05) is 18.5 Å². The Morgan fingerprint density at radius 2 is 0.690 bits per heavy atom. The third-order valence-electron chi connectivity index (χ3n) is 6.95. The highest BCUT2D eigenvalue weighted by Gasteiger charge is 2.51. The van der Waals surface area contributed by atoms with Crippen LogP contribution in [0.25, 0.3) is 0 Å². The quantitative estimate of drug-likeness (QED) is 0.0647. The van der Waals surface area contributed by atoms with E-state index in [1.807, 2.05) is 0 Å². The lowest BCUT2D eigenvalue weighted by atomic mass is 10.1. The summed E-state index contributed by atoms with van der Waals surface area (Å²) in [5, 5.41) is 0. The van der Waals surface area contributed by atoms with Gasteiger partial charge >= 0.3 is 7.05 Å². The third kappa shape index (κ3) is 15.4. The van der Waals surface area contributed by atoms with Crippen molar-refractivity contribution < 1.29 is 0 Å². The summed E-state index contributed by atoms with van der Waals surface area (Å²) in [4.78, 5) is 0. The predicted molar refractivity (Wildman–Crippen MR) is 145 cm³/mol. The molecule has 0 atom stereocenters. The number of unbranched alkanes of at least 4 members (excludes halogenated alkanes) is 15. The average molecular weight is 464 g/mol. The lowest BCUT2D eigenvalue weighted by molar-refractivity contribution is 0.617. The van der Waals surface area contributed by atoms with Crippen LogP contribution in [0.3, 0.4) is 0 Å². The molecule has 0 amide bonds. The standard InChI is InChI=1S/C26H57ClPSi/c1-6-9-12-15-18-21-24-28(29(4,5)27,25-22-19-16-13-10-7-2)26-23-20-17-14-11-8-3/h6-26H2,1-5H3/q+1. The molecule has 29 heavy (non-hydrogen) atoms. The van der Waals surface area contributed by atoms with E-state index < -0.39 is 13.9 Å². The summed E-state index contributed by atoms with van der Waals surface area (Å²) in [6.45, 7) is 11.0. The number of halogens is 1. The van der Waals surface area contributed by atoms with Crippen molar-refractivity contribution in [3.63, 3.8) is 0 Å². The molecule has 0 rings (SSSR count). The van der Waals surface area contributed by atoms with Crippen molar-refractivity contribution in [1.29, 1.82) is 0 Å². The van der Waals surface area contributed by atoms with Gasteiger partial charge < -0.3 is 0 Å². The lowest BCUT2D eigenvalue weighted by Crippen LogP contribution is -2.30. The Bertz CT molecular complexity index is 299. The molecule has 0 aromatic heterocycles. The molecule has 0 aliphatic rings. The summed E-state index contributed by atoms with van der Waals surface area (Å²) in [6, 6.07) is 0. The molecule has 0 unspecified atom stereocenters. The molecule has 0 nitrogen and oxygen atoms in total. The van der Waals surface area contributed by atoms with E-state index in [1.54, 1.807) is 0 Å². The molecule has 0 saturated heterocycles. The van der Waals surface area contributed by atoms with Crippen molar-refractivity contribution >= 4 is 24.9 Å². The smallest absolute Gasteiger partial charge is 0.116 e. The molecule has 0 aliphatic carbocycles. The molecule has 0 aromatic rings. The highest BCUT2D eigenvalue weighted by molar-refractivity contribution is 8.14. The SMILES string of the molecule is CCCCCCCC[P+](CCCCCCCC)(CCCCCCCC)[Si](C)(C)Cl. The van der Waals surface area contributed by atoms with Crippen LogP contribution >= 0.6 is 17.9 Å². The fraction of sp³-hybridized carbons (Fsp3) is 1.00. The van der Waals surface area contributed by atoms with Crippen molar-refractivity contribution in [2.45, 2.75) is 149 Å². The minimum Gasteiger partial charge on any atom is -0.116 e. The molecular weight excluding hydrogens is 407 g/mol. The Labute approximate surface area is 192 Å². The van der Waals surface area contributed by atoms with Crippen LogP contribution in [0.4, 0.5) is 0 Å². The molecule has 0 spiro atoms. The Kier molecular flexibility index (Phi) is 20.2. The van der Waals surface area contributed by atoms with Gasteiger partial charge in [-0.15, -0.1) is 11.1 Å². The van der Waals surface area contributed by atoms with Crippen molar-refractivity contribution in [2.24, 2.45) is 0 Å². The van der Waals surface area contributed by atoms with E-state index in [-0.39, 0.29) is 0 Å². The first-order chi connectivity index (χ1) is 13.9. The van der Waals surface area contributed by atoms with Gasteiger partial charge in [-0.2, -0.15) is 0 Å². The van der Waals surface area contributed by atoms with E-state index >= 15 is 0 Å². The number of hydrogen-bond acceptors (Lipinski definition) is 0. The van der Waals surface area contributed by atoms with Crippen LogP contribution in [0.2, 0.25) is 13.1 Å². The second kappa shape index (κ2) is 19.6. The number of rotatable bonds is 22. The Morgan fingerprint density at radius 3 is 0.931 bits per heavy atom. The van der Waals surface area contributed by atoms with Gasteiger partial charge in [0, 0.05) is 18.5 Å². The Morgan fingerprint density at radius 1 is 0.448 bits per heavy atom. The van der Waals surface area contributed by atoms with Gasteiger partial charge in [0.1, 0.15) is 0 Å². The highest BCUT2D eigenvalue weighted by Crippen LogP contribution is 2.69. The molecule has 3 heteroatoms. The fourth-order valence-electron chi connectivity index (χ4n) is 4.72. The van der Waals surface area contributed by atoms with Gasteiger partial charge in [-0.05, 0) is 58.4 Å². The summed E-state index contributed by atoms with van der Waals surface area (Å²) >= 11 is 7.33. The first-order valence-corrected chi connectivity index (χ1v) is 20.7. The zero-order valence-electron chi connectivity index (χ0n) is 21.2. The minimum atomic E-state index is -1.58. The van der Waals surface area contributed by atoms with Gasteiger partial charge in [-0.3, -0.25) is 0 Å². The van der Waals surface area contributed by atoms with Crippen LogP contribution in [-0.2, 0) is 0 Å². The maximum absolute atomic E-state index is 7.33. The predicted octanol–water partition coefficient (Wildman–Crippen LogP) is 11.0. The molecular formula is C26H57ClPSi+. The lowest BCUT2D eigenvalue weighted by Gasteiger charge is -2.36. The Balaban J connectivity index is 4.67. The average Bonchev–Trinajstić information content (AvgIpc) is 2.68. The summed E-state index contributed by atoms with van der Waals surface area (Å²) in [7, 11) is -1.58. The highest BCUT2D eigenvalue weighted by atomic mass is 35.6. The zero-order chi connectivity index (χ0) is 21.8. The normalized spacial score (nSPS) is 12.6. The van der Waals surface area contributed by atoms with Gasteiger partial charge in [0.15, 0.2) is 0 Å². The summed E-state index contributed by atoms with van der Waals surface area (Å²) in [5.74, 6) is 0. The first-order valence-electron chi connectivity index (χ1n) is 13.5. The number of hydrogen-bond donors (Lipinski definition) is 0. The van der Waals surface area contributed by atoms with Crippen LogP contribution in [0.15, 0.2) is 0 Å². The monoisotopic (exact) mass is 463 g/mol. The largest absolute Gasteiger partial charge is 0.319 e. The van der Waals surface area contributed by atoms with Gasteiger partial charge in [-0.1, -0.05) is 97.8 Å². The summed E-state index contributed by atoms with van der Waals surface area (Å²) in [5.41, 5.74) is 0. The minimum absolute atomic E-state index is 0.942. The molecule has 0 aromatic carbocycles.